The minimum Gasteiger partial charge on any atom is -0.236 e. The predicted octanol–water partition coefficient (Wildman–Crippen LogP) is 2.98. The number of aromatic nitrogens is 5. The van der Waals surface area contributed by atoms with E-state index in [1.807, 2.05) is 17.5 Å². The van der Waals surface area contributed by atoms with Crippen LogP contribution >= 0.6 is 46.0 Å². The Hall–Kier alpha value is -0.960. The van der Waals surface area contributed by atoms with Crippen molar-refractivity contribution in [1.29, 1.82) is 0 Å². The molecule has 0 fully saturated rings. The molecule has 9 heteroatoms. The fourth-order valence-electron chi connectivity index (χ4n) is 1.14. The van der Waals surface area contributed by atoms with Crippen LogP contribution < -0.4 is 0 Å². The summed E-state index contributed by atoms with van der Waals surface area (Å²) in [5.74, 6) is 0. The zero-order valence-electron chi connectivity index (χ0n) is 8.15. The minimum atomic E-state index is 0.655. The Kier molecular flexibility index (Phi) is 3.10. The molecule has 0 spiro atoms. The van der Waals surface area contributed by atoms with Gasteiger partial charge in [-0.1, -0.05) is 22.9 Å². The third-order valence-electron chi connectivity index (χ3n) is 1.79. The average molecular weight is 302 g/mol. The summed E-state index contributed by atoms with van der Waals surface area (Å²) in [5.41, 5.74) is 0. The van der Waals surface area contributed by atoms with Crippen LogP contribution in [0.1, 0.15) is 0 Å². The molecule has 3 aromatic rings. The maximum absolute atomic E-state index is 5.83. The maximum Gasteiger partial charge on any atom is 0.221 e. The normalized spacial score (nSPS) is 10.9. The summed E-state index contributed by atoms with van der Waals surface area (Å²) in [6, 6.07) is 3.91. The number of thiazole rings is 1. The molecule has 0 radical (unpaired) electrons. The SMILES string of the molecule is Clc1cnc(Sc2nnnn2-c2cccs2)s1. The molecule has 0 unspecified atom stereocenters. The van der Waals surface area contributed by atoms with Gasteiger partial charge in [0.25, 0.3) is 0 Å². The minimum absolute atomic E-state index is 0.655. The lowest BCUT2D eigenvalue weighted by Gasteiger charge is -1.97. The molecule has 3 aromatic heterocycles. The van der Waals surface area contributed by atoms with E-state index in [1.54, 1.807) is 22.2 Å². The van der Waals surface area contributed by atoms with Crippen LogP contribution in [-0.4, -0.2) is 25.2 Å². The van der Waals surface area contributed by atoms with Crippen LogP contribution in [-0.2, 0) is 0 Å². The molecular formula is C8H4ClN5S3. The van der Waals surface area contributed by atoms with E-state index in [2.05, 4.69) is 20.5 Å². The lowest BCUT2D eigenvalue weighted by Crippen LogP contribution is -1.95. The van der Waals surface area contributed by atoms with Gasteiger partial charge in [-0.05, 0) is 39.7 Å². The first kappa shape index (κ1) is 11.1. The van der Waals surface area contributed by atoms with Crippen LogP contribution in [0.25, 0.3) is 5.00 Å². The third-order valence-corrected chi connectivity index (χ3v) is 4.76. The van der Waals surface area contributed by atoms with Crippen molar-refractivity contribution in [3.63, 3.8) is 0 Å². The summed E-state index contributed by atoms with van der Waals surface area (Å²) in [7, 11) is 0. The highest BCUT2D eigenvalue weighted by Gasteiger charge is 2.12. The molecule has 3 heterocycles. The van der Waals surface area contributed by atoms with Gasteiger partial charge >= 0.3 is 0 Å². The molecule has 0 saturated carbocycles. The molecule has 0 aliphatic carbocycles. The summed E-state index contributed by atoms with van der Waals surface area (Å²) in [5, 5.41) is 15.2. The number of halogens is 1. The Morgan fingerprint density at radius 2 is 2.35 bits per heavy atom. The molecule has 5 nitrogen and oxygen atoms in total. The lowest BCUT2D eigenvalue weighted by atomic mass is 10.6. The molecule has 0 N–H and O–H groups in total. The van der Waals surface area contributed by atoms with Gasteiger partial charge in [0.1, 0.15) is 9.34 Å². The van der Waals surface area contributed by atoms with Gasteiger partial charge in [0.2, 0.25) is 5.16 Å². The number of hydrogen-bond donors (Lipinski definition) is 0. The summed E-state index contributed by atoms with van der Waals surface area (Å²) >= 11 is 10.2. The van der Waals surface area contributed by atoms with Gasteiger partial charge in [0, 0.05) is 0 Å². The quantitative estimate of drug-likeness (QED) is 0.744. The zero-order chi connectivity index (χ0) is 11.7. The van der Waals surface area contributed by atoms with Gasteiger partial charge in [-0.15, -0.1) is 16.4 Å². The van der Waals surface area contributed by atoms with Crippen molar-refractivity contribution in [3.05, 3.63) is 28.0 Å². The van der Waals surface area contributed by atoms with Crippen LogP contribution in [0.2, 0.25) is 4.34 Å². The first-order valence-corrected chi connectivity index (χ1v) is 7.33. The Morgan fingerprint density at radius 3 is 3.06 bits per heavy atom. The Bertz CT molecular complexity index is 617. The van der Waals surface area contributed by atoms with E-state index < -0.39 is 0 Å². The first-order chi connectivity index (χ1) is 8.33. The molecule has 17 heavy (non-hydrogen) atoms. The summed E-state index contributed by atoms with van der Waals surface area (Å²) in [4.78, 5) is 4.16. The van der Waals surface area contributed by atoms with Crippen LogP contribution in [0, 0.1) is 0 Å². The van der Waals surface area contributed by atoms with Crippen LogP contribution in [0.4, 0.5) is 0 Å². The second kappa shape index (κ2) is 4.73. The van der Waals surface area contributed by atoms with Gasteiger partial charge < -0.3 is 0 Å². The van der Waals surface area contributed by atoms with Gasteiger partial charge in [-0.25, -0.2) is 4.98 Å². The topological polar surface area (TPSA) is 56.5 Å². The highest BCUT2D eigenvalue weighted by atomic mass is 35.5. The zero-order valence-corrected chi connectivity index (χ0v) is 11.4. The van der Waals surface area contributed by atoms with E-state index in [-0.39, 0.29) is 0 Å². The maximum atomic E-state index is 5.83. The van der Waals surface area contributed by atoms with E-state index in [1.165, 1.54) is 23.1 Å². The van der Waals surface area contributed by atoms with E-state index in [0.29, 0.717) is 9.49 Å². The Balaban J connectivity index is 1.92. The van der Waals surface area contributed by atoms with Gasteiger partial charge in [-0.2, -0.15) is 4.68 Å². The first-order valence-electron chi connectivity index (χ1n) is 4.44. The van der Waals surface area contributed by atoms with Crippen LogP contribution in [0.5, 0.6) is 0 Å². The fraction of sp³-hybridized carbons (Fsp3) is 0. The van der Waals surface area contributed by atoms with Crippen molar-refractivity contribution >= 4 is 46.0 Å². The standard InChI is InChI=1S/C8H4ClN5S3/c9-5-4-10-8(16-5)17-7-11-12-13-14(7)6-2-1-3-15-6/h1-4H. The van der Waals surface area contributed by atoms with Crippen LogP contribution in [0.15, 0.2) is 33.2 Å². The van der Waals surface area contributed by atoms with Crippen molar-refractivity contribution in [2.45, 2.75) is 9.50 Å². The van der Waals surface area contributed by atoms with Crippen molar-refractivity contribution in [1.82, 2.24) is 25.2 Å². The molecule has 0 amide bonds. The highest BCUT2D eigenvalue weighted by Crippen LogP contribution is 2.32. The van der Waals surface area contributed by atoms with E-state index >= 15 is 0 Å². The summed E-state index contributed by atoms with van der Waals surface area (Å²) < 4.78 is 3.16. The fourth-order valence-corrected chi connectivity index (χ4v) is 3.87. The molecule has 0 atom stereocenters. The smallest absolute Gasteiger partial charge is 0.221 e. The third kappa shape index (κ3) is 2.34. The predicted molar refractivity (Wildman–Crippen MR) is 68.3 cm³/mol. The lowest BCUT2D eigenvalue weighted by molar-refractivity contribution is 0.768. The van der Waals surface area contributed by atoms with Crippen molar-refractivity contribution in [3.8, 4) is 5.00 Å². The molecular weight excluding hydrogens is 298 g/mol. The number of rotatable bonds is 3. The highest BCUT2D eigenvalue weighted by molar-refractivity contribution is 8.00. The summed E-state index contributed by atoms with van der Waals surface area (Å²) in [6.45, 7) is 0. The number of tetrazole rings is 1. The van der Waals surface area contributed by atoms with E-state index in [0.717, 1.165) is 9.34 Å². The molecule has 0 aromatic carbocycles. The number of nitrogens with zero attached hydrogens (tertiary/aromatic N) is 5. The molecule has 0 aliphatic rings. The molecule has 0 bridgehead atoms. The van der Waals surface area contributed by atoms with Gasteiger partial charge in [-0.3, -0.25) is 0 Å². The monoisotopic (exact) mass is 301 g/mol. The number of thiophene rings is 1. The van der Waals surface area contributed by atoms with Crippen molar-refractivity contribution in [2.24, 2.45) is 0 Å². The van der Waals surface area contributed by atoms with Crippen molar-refractivity contribution < 1.29 is 0 Å². The second-order valence-electron chi connectivity index (χ2n) is 2.86. The Labute approximate surface area is 113 Å². The van der Waals surface area contributed by atoms with Crippen molar-refractivity contribution in [2.75, 3.05) is 0 Å². The summed E-state index contributed by atoms with van der Waals surface area (Å²) in [6.07, 6.45) is 1.62. The molecule has 3 rings (SSSR count). The second-order valence-corrected chi connectivity index (χ2v) is 6.66. The largest absolute Gasteiger partial charge is 0.236 e. The van der Waals surface area contributed by atoms with Gasteiger partial charge in [0.05, 0.1) is 6.20 Å². The molecule has 0 saturated heterocycles. The Morgan fingerprint density at radius 1 is 1.41 bits per heavy atom. The van der Waals surface area contributed by atoms with Crippen LogP contribution in [0.3, 0.4) is 0 Å². The molecule has 0 aliphatic heterocycles. The number of hydrogen-bond acceptors (Lipinski definition) is 7. The average Bonchev–Trinajstić information content (AvgIpc) is 3.00. The van der Waals surface area contributed by atoms with E-state index in [4.69, 9.17) is 11.6 Å². The molecule has 86 valence electrons. The van der Waals surface area contributed by atoms with Gasteiger partial charge in [0.15, 0.2) is 4.34 Å². The van der Waals surface area contributed by atoms with E-state index in [9.17, 15) is 0 Å².